The predicted molar refractivity (Wildman–Crippen MR) is 59.9 cm³/mol. The minimum absolute atomic E-state index is 0. The maximum absolute atomic E-state index is 9.88. The zero-order valence-corrected chi connectivity index (χ0v) is 12.2. The molecule has 1 aromatic rings. The maximum atomic E-state index is 9.88. The van der Waals surface area contributed by atoms with Gasteiger partial charge in [0.1, 0.15) is 0 Å². The monoisotopic (exact) mass is 292 g/mol. The van der Waals surface area contributed by atoms with Gasteiger partial charge in [0.2, 0.25) is 0 Å². The number of ether oxygens (including phenoxy) is 1. The van der Waals surface area contributed by atoms with E-state index in [1.54, 1.807) is 30.6 Å². The molecule has 1 aliphatic heterocycles. The van der Waals surface area contributed by atoms with Crippen molar-refractivity contribution in [1.29, 1.82) is 0 Å². The number of rotatable bonds is 3. The van der Waals surface area contributed by atoms with Crippen molar-refractivity contribution in [2.24, 2.45) is 0 Å². The fraction of sp³-hybridized carbons (Fsp3) is 0.308. The summed E-state index contributed by atoms with van der Waals surface area (Å²) in [4.78, 5) is 9.88. The Morgan fingerprint density at radius 3 is 1.94 bits per heavy atom. The number of benzene rings is 1. The van der Waals surface area contributed by atoms with Gasteiger partial charge in [-0.3, -0.25) is 0 Å². The molecular weight excluding hydrogens is 277 g/mol. The molecule has 0 N–H and O–H groups in total. The molecule has 0 bridgehead atoms. The van der Waals surface area contributed by atoms with Gasteiger partial charge in [-0.2, -0.15) is 30.5 Å². The fourth-order valence-electron chi connectivity index (χ4n) is 1.02. The van der Waals surface area contributed by atoms with Crippen LogP contribution in [-0.4, -0.2) is 18.5 Å². The second-order valence-corrected chi connectivity index (χ2v) is 3.44. The molecule has 1 saturated heterocycles. The maximum Gasteiger partial charge on any atom is 3.00 e. The molecular formula is C13H15O2Y. The van der Waals surface area contributed by atoms with Crippen molar-refractivity contribution in [1.82, 2.24) is 0 Å². The van der Waals surface area contributed by atoms with E-state index in [0.29, 0.717) is 5.56 Å². The summed E-state index contributed by atoms with van der Waals surface area (Å²) in [6.07, 6.45) is 3.52. The summed E-state index contributed by atoms with van der Waals surface area (Å²) in [7, 11) is 0. The fourth-order valence-corrected chi connectivity index (χ4v) is 1.02. The Morgan fingerprint density at radius 1 is 1.25 bits per heavy atom. The van der Waals surface area contributed by atoms with E-state index in [9.17, 15) is 4.79 Å². The van der Waals surface area contributed by atoms with Crippen molar-refractivity contribution in [3.63, 3.8) is 0 Å². The predicted octanol–water partition coefficient (Wildman–Crippen LogP) is 2.35. The van der Waals surface area contributed by atoms with Gasteiger partial charge in [0.25, 0.3) is 0 Å². The summed E-state index contributed by atoms with van der Waals surface area (Å²) >= 11 is 0. The summed E-state index contributed by atoms with van der Waals surface area (Å²) < 4.78 is 5.07. The first-order chi connectivity index (χ1) is 7.26. The van der Waals surface area contributed by atoms with E-state index in [1.807, 2.05) is 6.07 Å². The third kappa shape index (κ3) is 5.33. The molecule has 1 heterocycles. The van der Waals surface area contributed by atoms with Crippen LogP contribution < -0.4 is 0 Å². The molecule has 0 atom stereocenters. The zero-order valence-electron chi connectivity index (χ0n) is 9.32. The second kappa shape index (κ2) is 8.10. The Bertz CT molecular complexity index is 288. The van der Waals surface area contributed by atoms with Crippen LogP contribution in [0.1, 0.15) is 18.4 Å². The minimum atomic E-state index is 0. The van der Waals surface area contributed by atoms with Crippen LogP contribution in [0.15, 0.2) is 30.3 Å². The van der Waals surface area contributed by atoms with Crippen molar-refractivity contribution in [2.45, 2.75) is 18.4 Å². The molecule has 0 spiro atoms. The standard InChI is InChI=1S/C7H5O.C6H10O.Y/c8-6-7-4-2-1-3-5-7;1-3-6(4-2)5-7-6;/h1-5H;1-5H2;/q-1;-2;+3. The Balaban J connectivity index is 0.000000267. The van der Waals surface area contributed by atoms with Crippen molar-refractivity contribution in [2.75, 3.05) is 6.61 Å². The average molecular weight is 292 g/mol. The SMILES string of the molecule is O=[C-]c1ccccc1.[CH2-]CC1(C[CH2-])CO1.[Y+3]. The summed E-state index contributed by atoms with van der Waals surface area (Å²) in [5.74, 6) is 0. The summed E-state index contributed by atoms with van der Waals surface area (Å²) in [6, 6.07) is 8.90. The van der Waals surface area contributed by atoms with E-state index in [2.05, 4.69) is 13.8 Å². The minimum Gasteiger partial charge on any atom is -0.376 e. The molecule has 1 aromatic carbocycles. The average Bonchev–Trinajstić information content (AvgIpc) is 3.11. The molecule has 0 amide bonds. The first-order valence-corrected chi connectivity index (χ1v) is 4.92. The van der Waals surface area contributed by atoms with E-state index in [4.69, 9.17) is 4.74 Å². The van der Waals surface area contributed by atoms with E-state index in [1.165, 1.54) is 0 Å². The van der Waals surface area contributed by atoms with Crippen LogP contribution in [0, 0.1) is 13.8 Å². The van der Waals surface area contributed by atoms with Gasteiger partial charge >= 0.3 is 32.7 Å². The number of carbonyl (C=O) groups excluding carboxylic acids is 1. The molecule has 2 rings (SSSR count). The number of hydrogen-bond acceptors (Lipinski definition) is 2. The molecule has 0 radical (unpaired) electrons. The number of epoxide rings is 1. The van der Waals surface area contributed by atoms with E-state index < -0.39 is 0 Å². The quantitative estimate of drug-likeness (QED) is 0.632. The Kier molecular flexibility index (Phi) is 8.08. The molecule has 0 aromatic heterocycles. The van der Waals surface area contributed by atoms with Crippen LogP contribution in [0.4, 0.5) is 0 Å². The normalized spacial score (nSPS) is 15.1. The molecule has 0 saturated carbocycles. The van der Waals surface area contributed by atoms with Crippen molar-refractivity contribution in [3.05, 3.63) is 49.7 Å². The van der Waals surface area contributed by atoms with Crippen molar-refractivity contribution >= 4 is 6.29 Å². The molecule has 16 heavy (non-hydrogen) atoms. The first-order valence-electron chi connectivity index (χ1n) is 4.92. The Labute approximate surface area is 123 Å². The molecule has 82 valence electrons. The Morgan fingerprint density at radius 2 is 1.75 bits per heavy atom. The van der Waals surface area contributed by atoms with Gasteiger partial charge in [0, 0.05) is 5.60 Å². The van der Waals surface area contributed by atoms with Crippen LogP contribution in [0.25, 0.3) is 0 Å². The summed E-state index contributed by atoms with van der Waals surface area (Å²) in [6.45, 7) is 8.33. The van der Waals surface area contributed by atoms with Gasteiger partial charge in [-0.05, 0) is 0 Å². The zero-order chi connectivity index (χ0) is 11.1. The van der Waals surface area contributed by atoms with Crippen LogP contribution in [0.3, 0.4) is 0 Å². The first kappa shape index (κ1) is 16.0. The van der Waals surface area contributed by atoms with Crippen LogP contribution in [0.2, 0.25) is 0 Å². The topological polar surface area (TPSA) is 29.6 Å². The van der Waals surface area contributed by atoms with Gasteiger partial charge < -0.3 is 23.4 Å². The smallest absolute Gasteiger partial charge is 0.376 e. The van der Waals surface area contributed by atoms with Crippen molar-refractivity contribution < 1.29 is 42.2 Å². The van der Waals surface area contributed by atoms with E-state index in [0.717, 1.165) is 19.4 Å². The molecule has 1 aliphatic rings. The second-order valence-electron chi connectivity index (χ2n) is 3.44. The van der Waals surface area contributed by atoms with Gasteiger partial charge in [-0.15, -0.1) is 12.1 Å². The van der Waals surface area contributed by atoms with Crippen molar-refractivity contribution in [3.8, 4) is 0 Å². The summed E-state index contributed by atoms with van der Waals surface area (Å²) in [5, 5.41) is 0. The number of hydrogen-bond donors (Lipinski definition) is 0. The van der Waals surface area contributed by atoms with Crippen LogP contribution >= 0.6 is 0 Å². The van der Waals surface area contributed by atoms with Gasteiger partial charge in [0.15, 0.2) is 0 Å². The van der Waals surface area contributed by atoms with Gasteiger partial charge in [-0.1, -0.05) is 6.07 Å². The summed E-state index contributed by atoms with van der Waals surface area (Å²) in [5.41, 5.74) is 0.715. The molecule has 3 heteroatoms. The molecule has 2 nitrogen and oxygen atoms in total. The van der Waals surface area contributed by atoms with Gasteiger partial charge in [-0.25, -0.2) is 0 Å². The largest absolute Gasteiger partial charge is 3.00 e. The van der Waals surface area contributed by atoms with E-state index in [-0.39, 0.29) is 38.3 Å². The van der Waals surface area contributed by atoms with Crippen LogP contribution in [-0.2, 0) is 42.2 Å². The molecule has 0 aliphatic carbocycles. The third-order valence-corrected chi connectivity index (χ3v) is 2.36. The molecule has 1 fully saturated rings. The van der Waals surface area contributed by atoms with E-state index >= 15 is 0 Å². The Hall–Kier alpha value is -0.0461. The molecule has 0 unspecified atom stereocenters. The van der Waals surface area contributed by atoms with Crippen LogP contribution in [0.5, 0.6) is 0 Å². The van der Waals surface area contributed by atoms with Gasteiger partial charge in [0.05, 0.1) is 12.9 Å². The third-order valence-electron chi connectivity index (χ3n) is 2.36.